The van der Waals surface area contributed by atoms with Gasteiger partial charge in [-0.1, -0.05) is 23.9 Å². The number of nitrogens with two attached hydrogens (primary N) is 1. The first-order valence-corrected chi connectivity index (χ1v) is 10.9. The zero-order valence-corrected chi connectivity index (χ0v) is 18.0. The van der Waals surface area contributed by atoms with Gasteiger partial charge in [-0.15, -0.1) is 13.2 Å². The Morgan fingerprint density at radius 3 is 2.22 bits per heavy atom. The lowest BCUT2D eigenvalue weighted by Crippen LogP contribution is -2.16. The minimum Gasteiger partial charge on any atom is -0.406 e. The zero-order chi connectivity index (χ0) is 23.1. The normalized spacial score (nSPS) is 11.1. The van der Waals surface area contributed by atoms with Crippen LogP contribution in [0.1, 0.15) is 20.7 Å². The summed E-state index contributed by atoms with van der Waals surface area (Å²) in [4.78, 5) is 25.3. The summed E-state index contributed by atoms with van der Waals surface area (Å²) in [5, 5.41) is -0.266. The Hall–Kier alpha value is -3.11. The van der Waals surface area contributed by atoms with Gasteiger partial charge < -0.3 is 15.2 Å². The topological polar surface area (TPSA) is 81.4 Å². The maximum atomic E-state index is 12.4. The Balaban J connectivity index is 1.49. The van der Waals surface area contributed by atoms with E-state index in [4.69, 9.17) is 5.73 Å². The molecule has 5 nitrogen and oxygen atoms in total. The molecule has 3 rings (SSSR count). The number of alkyl halides is 3. The van der Waals surface area contributed by atoms with Gasteiger partial charge in [0.15, 0.2) is 5.78 Å². The molecule has 0 spiro atoms. The molecule has 0 bridgehead atoms. The Kier molecular flexibility index (Phi) is 7.70. The first-order valence-electron chi connectivity index (χ1n) is 9.15. The van der Waals surface area contributed by atoms with Gasteiger partial charge in [-0.3, -0.25) is 9.59 Å². The molecule has 0 amide bonds. The third-order valence-corrected chi connectivity index (χ3v) is 5.80. The fourth-order valence-corrected chi connectivity index (χ4v) is 3.94. The smallest absolute Gasteiger partial charge is 0.406 e. The van der Waals surface area contributed by atoms with Crippen LogP contribution in [0.2, 0.25) is 0 Å². The summed E-state index contributed by atoms with van der Waals surface area (Å²) in [5.74, 6) is -0.505. The molecule has 10 heteroatoms. The number of nitrogens with one attached hydrogen (secondary N) is 1. The quantitative estimate of drug-likeness (QED) is 0.232. The molecule has 0 fully saturated rings. The number of hydrogen-bond donors (Lipinski definition) is 2. The molecule has 0 saturated carbocycles. The van der Waals surface area contributed by atoms with Crippen LogP contribution < -0.4 is 15.2 Å². The van der Waals surface area contributed by atoms with Crippen molar-refractivity contribution >= 4 is 46.0 Å². The third-order valence-electron chi connectivity index (χ3n) is 4.07. The molecule has 0 unspecified atom stereocenters. The van der Waals surface area contributed by atoms with E-state index in [-0.39, 0.29) is 22.4 Å². The summed E-state index contributed by atoms with van der Waals surface area (Å²) in [7, 11) is 0. The van der Waals surface area contributed by atoms with E-state index in [1.807, 2.05) is 0 Å². The summed E-state index contributed by atoms with van der Waals surface area (Å²) in [6.45, 7) is 0. The van der Waals surface area contributed by atoms with Crippen molar-refractivity contribution in [3.8, 4) is 5.75 Å². The van der Waals surface area contributed by atoms with Crippen molar-refractivity contribution in [3.05, 3.63) is 83.9 Å². The van der Waals surface area contributed by atoms with E-state index in [1.54, 1.807) is 48.5 Å². The van der Waals surface area contributed by atoms with E-state index in [9.17, 15) is 22.8 Å². The minimum absolute atomic E-state index is 0.0129. The lowest BCUT2D eigenvalue weighted by molar-refractivity contribution is -0.274. The Bertz CT molecular complexity index is 1090. The van der Waals surface area contributed by atoms with Crippen LogP contribution in [0.4, 0.5) is 24.5 Å². The molecule has 0 aromatic heterocycles. The highest BCUT2D eigenvalue weighted by Gasteiger charge is 2.30. The van der Waals surface area contributed by atoms with E-state index in [0.29, 0.717) is 27.4 Å². The van der Waals surface area contributed by atoms with Gasteiger partial charge in [0, 0.05) is 21.8 Å². The average Bonchev–Trinajstić information content (AvgIpc) is 2.76. The van der Waals surface area contributed by atoms with Gasteiger partial charge in [-0.2, -0.15) is 0 Å². The fourth-order valence-electron chi connectivity index (χ4n) is 2.53. The number of benzene rings is 3. The van der Waals surface area contributed by atoms with Gasteiger partial charge in [0.2, 0.25) is 5.12 Å². The maximum absolute atomic E-state index is 12.4. The van der Waals surface area contributed by atoms with Crippen LogP contribution in [0.5, 0.6) is 5.75 Å². The molecule has 166 valence electrons. The number of carbonyl (C=O) groups is 2. The van der Waals surface area contributed by atoms with Crippen LogP contribution >= 0.6 is 23.7 Å². The van der Waals surface area contributed by atoms with Gasteiger partial charge in [-0.05, 0) is 72.6 Å². The molecule has 3 aromatic carbocycles. The number of carbonyl (C=O) groups excluding carboxylic acids is 2. The Morgan fingerprint density at radius 1 is 0.938 bits per heavy atom. The summed E-state index contributed by atoms with van der Waals surface area (Å²) in [6.07, 6.45) is -4.73. The second-order valence-corrected chi connectivity index (χ2v) is 8.22. The molecule has 0 heterocycles. The second kappa shape index (κ2) is 10.5. The summed E-state index contributed by atoms with van der Waals surface area (Å²) >= 11 is 2.09. The van der Waals surface area contributed by atoms with Crippen LogP contribution in [0.25, 0.3) is 0 Å². The van der Waals surface area contributed by atoms with Crippen molar-refractivity contribution in [1.82, 2.24) is 0 Å². The van der Waals surface area contributed by atoms with Gasteiger partial charge in [0.1, 0.15) is 5.75 Å². The van der Waals surface area contributed by atoms with E-state index in [1.165, 1.54) is 36.2 Å². The number of hydrogen-bond acceptors (Lipinski definition) is 7. The first kappa shape index (κ1) is 23.6. The molecule has 3 N–H and O–H groups in total. The number of ketones is 1. The van der Waals surface area contributed by atoms with E-state index in [0.717, 1.165) is 11.8 Å². The highest BCUT2D eigenvalue weighted by atomic mass is 32.2. The molecular formula is C22H17F3N2O3S2. The second-order valence-electron chi connectivity index (χ2n) is 6.39. The number of nitrogen functional groups attached to an aromatic ring is 1. The number of ether oxygens (including phenoxy) is 1. The van der Waals surface area contributed by atoms with Crippen LogP contribution in [0.15, 0.2) is 77.7 Å². The maximum Gasteiger partial charge on any atom is 0.573 e. The molecule has 32 heavy (non-hydrogen) atoms. The van der Waals surface area contributed by atoms with Crippen molar-refractivity contribution in [2.45, 2.75) is 11.3 Å². The Labute approximate surface area is 190 Å². The van der Waals surface area contributed by atoms with E-state index >= 15 is 0 Å². The van der Waals surface area contributed by atoms with Gasteiger partial charge >= 0.3 is 6.36 Å². The van der Waals surface area contributed by atoms with Crippen LogP contribution in [0, 0.1) is 0 Å². The monoisotopic (exact) mass is 478 g/mol. The lowest BCUT2D eigenvalue weighted by atomic mass is 10.1. The van der Waals surface area contributed by atoms with Crippen molar-refractivity contribution in [1.29, 1.82) is 0 Å². The molecule has 0 aliphatic carbocycles. The molecular weight excluding hydrogens is 461 g/mol. The largest absolute Gasteiger partial charge is 0.573 e. The number of rotatable bonds is 8. The summed E-state index contributed by atoms with van der Waals surface area (Å²) in [6, 6.07) is 18.8. The third kappa shape index (κ3) is 6.96. The minimum atomic E-state index is -4.73. The van der Waals surface area contributed by atoms with Gasteiger partial charge in [-0.25, -0.2) is 0 Å². The fraction of sp³-hybridized carbons (Fsp3) is 0.0909. The average molecular weight is 479 g/mol. The SMILES string of the molecule is Nc1ccccc1C(=O)SCC(=O)c1ccc(NSc2ccc(OC(F)(F)F)cc2)cc1. The molecule has 3 aromatic rings. The lowest BCUT2D eigenvalue weighted by Gasteiger charge is -2.10. The molecule has 0 saturated heterocycles. The summed E-state index contributed by atoms with van der Waals surface area (Å²) in [5.41, 5.74) is 7.67. The molecule has 0 aliphatic rings. The zero-order valence-electron chi connectivity index (χ0n) is 16.4. The number of para-hydroxylation sites is 1. The standard InChI is InChI=1S/C22H17F3N2O3S2/c23-22(24,25)30-16-9-11-17(12-10-16)32-27-15-7-5-14(6-8-15)20(28)13-31-21(29)18-3-1-2-4-19(18)26/h1-12,27H,13,26H2. The van der Waals surface area contributed by atoms with E-state index in [2.05, 4.69) is 9.46 Å². The first-order chi connectivity index (χ1) is 15.2. The highest BCUT2D eigenvalue weighted by Crippen LogP contribution is 2.27. The highest BCUT2D eigenvalue weighted by molar-refractivity contribution is 8.14. The Morgan fingerprint density at radius 2 is 1.59 bits per heavy atom. The van der Waals surface area contributed by atoms with E-state index < -0.39 is 6.36 Å². The number of anilines is 2. The predicted octanol–water partition coefficient (Wildman–Crippen LogP) is 6.04. The number of thioether (sulfide) groups is 1. The van der Waals surface area contributed by atoms with Gasteiger partial charge in [0.25, 0.3) is 0 Å². The van der Waals surface area contributed by atoms with Crippen molar-refractivity contribution in [2.75, 3.05) is 16.2 Å². The van der Waals surface area contributed by atoms with Crippen LogP contribution in [-0.2, 0) is 0 Å². The van der Waals surface area contributed by atoms with Gasteiger partial charge in [0.05, 0.1) is 11.3 Å². The number of Topliss-reactive ketones (excluding diaryl/α,β-unsaturated/α-hetero) is 1. The van der Waals surface area contributed by atoms with Crippen molar-refractivity contribution < 1.29 is 27.5 Å². The van der Waals surface area contributed by atoms with Crippen LogP contribution in [-0.4, -0.2) is 23.0 Å². The molecule has 0 radical (unpaired) electrons. The van der Waals surface area contributed by atoms with Crippen LogP contribution in [0.3, 0.4) is 0 Å². The molecule has 0 atom stereocenters. The summed E-state index contributed by atoms with van der Waals surface area (Å²) < 4.78 is 43.5. The number of halogens is 3. The van der Waals surface area contributed by atoms with Crippen molar-refractivity contribution in [3.63, 3.8) is 0 Å². The van der Waals surface area contributed by atoms with Crippen molar-refractivity contribution in [2.24, 2.45) is 0 Å². The predicted molar refractivity (Wildman–Crippen MR) is 121 cm³/mol. The molecule has 0 aliphatic heterocycles.